The minimum Gasteiger partial charge on any atom is -0.382 e. The average Bonchev–Trinajstić information content (AvgIpc) is 2.46. The van der Waals surface area contributed by atoms with Crippen LogP contribution in [0.25, 0.3) is 22.4 Å². The van der Waals surface area contributed by atoms with Crippen LogP contribution in [0.15, 0.2) is 30.6 Å². The quantitative estimate of drug-likeness (QED) is 0.718. The summed E-state index contributed by atoms with van der Waals surface area (Å²) in [5, 5.41) is 9.21. The van der Waals surface area contributed by atoms with E-state index >= 15 is 0 Å². The first kappa shape index (κ1) is 12.0. The van der Waals surface area contributed by atoms with Crippen molar-refractivity contribution in [2.45, 2.75) is 6.92 Å². The molecule has 0 aliphatic carbocycles. The minimum atomic E-state index is 0.145. The molecule has 0 spiro atoms. The van der Waals surface area contributed by atoms with E-state index in [4.69, 9.17) is 5.73 Å². The normalized spacial score (nSPS) is 10.4. The van der Waals surface area contributed by atoms with Crippen LogP contribution in [-0.2, 0) is 0 Å². The summed E-state index contributed by atoms with van der Waals surface area (Å²) in [4.78, 5) is 17.0. The van der Waals surface area contributed by atoms with Gasteiger partial charge in [0.1, 0.15) is 35.2 Å². The number of hydrogen-bond donors (Lipinski definition) is 1. The third kappa shape index (κ3) is 1.82. The van der Waals surface area contributed by atoms with Crippen molar-refractivity contribution in [3.05, 3.63) is 41.9 Å². The number of para-hydroxylation sites is 2. The van der Waals surface area contributed by atoms with Crippen molar-refractivity contribution in [3.8, 4) is 17.5 Å². The lowest BCUT2D eigenvalue weighted by molar-refractivity contribution is 1.12. The summed E-state index contributed by atoms with van der Waals surface area (Å²) in [6, 6.07) is 9.56. The van der Waals surface area contributed by atoms with Crippen LogP contribution in [0.2, 0.25) is 0 Å². The number of aryl methyl sites for hydroxylation is 1. The second-order valence-corrected chi connectivity index (χ2v) is 4.24. The lowest BCUT2D eigenvalue weighted by Crippen LogP contribution is -2.03. The highest BCUT2D eigenvalue weighted by Gasteiger charge is 2.15. The fraction of sp³-hybridized carbons (Fsp3) is 0.0714. The molecule has 0 fully saturated rings. The van der Waals surface area contributed by atoms with Gasteiger partial charge in [-0.2, -0.15) is 5.26 Å². The van der Waals surface area contributed by atoms with Crippen molar-refractivity contribution >= 4 is 16.9 Å². The van der Waals surface area contributed by atoms with E-state index in [2.05, 4.69) is 19.9 Å². The molecule has 2 N–H and O–H groups in total. The molecule has 2 aromatic heterocycles. The molecule has 0 bridgehead atoms. The molecule has 0 atom stereocenters. The zero-order valence-electron chi connectivity index (χ0n) is 10.7. The Morgan fingerprint density at radius 1 is 1.05 bits per heavy atom. The van der Waals surface area contributed by atoms with Crippen LogP contribution in [0.3, 0.4) is 0 Å². The second kappa shape index (κ2) is 4.55. The number of nitrogens with zero attached hydrogens (tertiary/aromatic N) is 5. The Balaban J connectivity index is 2.33. The highest BCUT2D eigenvalue weighted by molar-refractivity contribution is 5.79. The molecule has 1 aromatic carbocycles. The number of benzene rings is 1. The molecule has 20 heavy (non-hydrogen) atoms. The van der Waals surface area contributed by atoms with Crippen LogP contribution in [-0.4, -0.2) is 19.9 Å². The van der Waals surface area contributed by atoms with Gasteiger partial charge < -0.3 is 5.73 Å². The maximum Gasteiger partial charge on any atom is 0.145 e. The lowest BCUT2D eigenvalue weighted by atomic mass is 10.1. The first-order valence-electron chi connectivity index (χ1n) is 5.95. The molecule has 96 valence electrons. The average molecular weight is 262 g/mol. The molecule has 3 aromatic rings. The van der Waals surface area contributed by atoms with E-state index in [0.717, 1.165) is 11.0 Å². The summed E-state index contributed by atoms with van der Waals surface area (Å²) in [5.41, 5.74) is 9.13. The van der Waals surface area contributed by atoms with E-state index in [1.54, 1.807) is 0 Å². The molecule has 6 heteroatoms. The second-order valence-electron chi connectivity index (χ2n) is 4.24. The Bertz CT molecular complexity index is 850. The molecule has 0 aliphatic rings. The number of nitrogen functional groups attached to an aromatic ring is 1. The Labute approximate surface area is 115 Å². The zero-order valence-corrected chi connectivity index (χ0v) is 10.7. The molecule has 0 saturated carbocycles. The van der Waals surface area contributed by atoms with Crippen molar-refractivity contribution in [1.82, 2.24) is 19.9 Å². The van der Waals surface area contributed by atoms with E-state index < -0.39 is 0 Å². The van der Waals surface area contributed by atoms with Crippen molar-refractivity contribution < 1.29 is 0 Å². The molecule has 0 unspecified atom stereocenters. The van der Waals surface area contributed by atoms with Gasteiger partial charge in [0.15, 0.2) is 0 Å². The smallest absolute Gasteiger partial charge is 0.145 e. The molecule has 2 heterocycles. The Morgan fingerprint density at radius 3 is 2.45 bits per heavy atom. The van der Waals surface area contributed by atoms with Crippen molar-refractivity contribution in [3.63, 3.8) is 0 Å². The molecule has 6 nitrogen and oxygen atoms in total. The van der Waals surface area contributed by atoms with Gasteiger partial charge in [0.05, 0.1) is 16.7 Å². The van der Waals surface area contributed by atoms with Crippen LogP contribution >= 0.6 is 0 Å². The fourth-order valence-corrected chi connectivity index (χ4v) is 2.00. The molecule has 0 saturated heterocycles. The SMILES string of the molecule is Cc1nc2ccccc2nc1-c1ncnc(N)c1C#N. The largest absolute Gasteiger partial charge is 0.382 e. The first-order chi connectivity index (χ1) is 9.70. The molecule has 0 radical (unpaired) electrons. The maximum absolute atomic E-state index is 9.21. The first-order valence-corrected chi connectivity index (χ1v) is 5.95. The van der Waals surface area contributed by atoms with Gasteiger partial charge in [-0.25, -0.2) is 19.9 Å². The summed E-state index contributed by atoms with van der Waals surface area (Å²) < 4.78 is 0. The monoisotopic (exact) mass is 262 g/mol. The molecule has 0 aliphatic heterocycles. The minimum absolute atomic E-state index is 0.145. The van der Waals surface area contributed by atoms with E-state index in [9.17, 15) is 5.26 Å². The van der Waals surface area contributed by atoms with Gasteiger partial charge in [-0.3, -0.25) is 0 Å². The third-order valence-corrected chi connectivity index (χ3v) is 2.96. The van der Waals surface area contributed by atoms with Gasteiger partial charge >= 0.3 is 0 Å². The number of anilines is 1. The Morgan fingerprint density at radius 2 is 1.75 bits per heavy atom. The topological polar surface area (TPSA) is 101 Å². The molecule has 3 rings (SSSR count). The number of aromatic nitrogens is 4. The summed E-state index contributed by atoms with van der Waals surface area (Å²) >= 11 is 0. The van der Waals surface area contributed by atoms with Gasteiger partial charge in [-0.1, -0.05) is 12.1 Å². The summed E-state index contributed by atoms with van der Waals surface area (Å²) in [6.07, 6.45) is 1.32. The zero-order chi connectivity index (χ0) is 14.1. The van der Waals surface area contributed by atoms with E-state index in [0.29, 0.717) is 17.1 Å². The van der Waals surface area contributed by atoms with Crippen LogP contribution < -0.4 is 5.73 Å². The van der Waals surface area contributed by atoms with Gasteiger partial charge in [0.2, 0.25) is 0 Å². The molecule has 0 amide bonds. The van der Waals surface area contributed by atoms with Crippen LogP contribution in [0.1, 0.15) is 11.3 Å². The van der Waals surface area contributed by atoms with Gasteiger partial charge in [0.25, 0.3) is 0 Å². The van der Waals surface area contributed by atoms with E-state index in [-0.39, 0.29) is 11.4 Å². The van der Waals surface area contributed by atoms with Gasteiger partial charge in [-0.15, -0.1) is 0 Å². The fourth-order valence-electron chi connectivity index (χ4n) is 2.00. The third-order valence-electron chi connectivity index (χ3n) is 2.96. The maximum atomic E-state index is 9.21. The summed E-state index contributed by atoms with van der Waals surface area (Å²) in [6.45, 7) is 1.83. The predicted octanol–water partition coefficient (Wildman–Crippen LogP) is 1.85. The number of nitrogens with two attached hydrogens (primary N) is 1. The van der Waals surface area contributed by atoms with E-state index in [1.165, 1.54) is 6.33 Å². The van der Waals surface area contributed by atoms with Crippen molar-refractivity contribution in [2.75, 3.05) is 5.73 Å². The van der Waals surface area contributed by atoms with Crippen LogP contribution in [0.4, 0.5) is 5.82 Å². The van der Waals surface area contributed by atoms with Crippen LogP contribution in [0.5, 0.6) is 0 Å². The summed E-state index contributed by atoms with van der Waals surface area (Å²) in [5.74, 6) is 0.145. The van der Waals surface area contributed by atoms with Crippen molar-refractivity contribution in [1.29, 1.82) is 5.26 Å². The highest BCUT2D eigenvalue weighted by Crippen LogP contribution is 2.25. The van der Waals surface area contributed by atoms with E-state index in [1.807, 2.05) is 37.3 Å². The predicted molar refractivity (Wildman–Crippen MR) is 74.4 cm³/mol. The van der Waals surface area contributed by atoms with Crippen LogP contribution in [0, 0.1) is 18.3 Å². The summed E-state index contributed by atoms with van der Waals surface area (Å²) in [7, 11) is 0. The molecular weight excluding hydrogens is 252 g/mol. The standard InChI is InChI=1S/C14H10N6/c1-8-12(13-9(6-15)14(16)18-7-17-13)20-11-5-3-2-4-10(11)19-8/h2-5,7H,1H3,(H2,16,17,18). The van der Waals surface area contributed by atoms with Gasteiger partial charge in [0, 0.05) is 0 Å². The number of rotatable bonds is 1. The van der Waals surface area contributed by atoms with Crippen molar-refractivity contribution in [2.24, 2.45) is 0 Å². The highest BCUT2D eigenvalue weighted by atomic mass is 14.9. The molecular formula is C14H10N6. The lowest BCUT2D eigenvalue weighted by Gasteiger charge is -2.08. The Kier molecular flexibility index (Phi) is 2.73. The number of fused-ring (bicyclic) bond motifs is 1. The number of hydrogen-bond acceptors (Lipinski definition) is 6. The number of nitriles is 1. The van der Waals surface area contributed by atoms with Gasteiger partial charge in [-0.05, 0) is 19.1 Å². The Hall–Kier alpha value is -3.07.